The molecule has 4 rings (SSSR count). The molecule has 1 aliphatic carbocycles. The molecule has 162 valence electrons. The number of hydrogen-bond donors (Lipinski definition) is 2. The van der Waals surface area contributed by atoms with Gasteiger partial charge in [-0.05, 0) is 60.7 Å². The first-order chi connectivity index (χ1) is 15.2. The van der Waals surface area contributed by atoms with Gasteiger partial charge in [0.05, 0.1) is 13.2 Å². The van der Waals surface area contributed by atoms with E-state index in [0.717, 1.165) is 63.4 Å². The molecule has 2 aliphatic rings. The summed E-state index contributed by atoms with van der Waals surface area (Å²) in [5.41, 5.74) is 3.54. The first-order valence-electron chi connectivity index (χ1n) is 10.9. The van der Waals surface area contributed by atoms with Crippen molar-refractivity contribution in [1.82, 2.24) is 10.2 Å². The van der Waals surface area contributed by atoms with Gasteiger partial charge in [0.15, 0.2) is 0 Å². The molecule has 0 spiro atoms. The molecule has 2 N–H and O–H groups in total. The summed E-state index contributed by atoms with van der Waals surface area (Å²) < 4.78 is 5.38. The zero-order chi connectivity index (χ0) is 21.5. The Labute approximate surface area is 183 Å². The van der Waals surface area contributed by atoms with E-state index in [1.54, 1.807) is 18.2 Å². The summed E-state index contributed by atoms with van der Waals surface area (Å²) in [5, 5.41) is 5.85. The summed E-state index contributed by atoms with van der Waals surface area (Å²) in [4.78, 5) is 26.7. The SMILES string of the molecule is O=C(/C=C/c1ccc(C(=O)NC2CC2)cc1)Nc1ccc(CCN2CCOCC2)cc1. The summed E-state index contributed by atoms with van der Waals surface area (Å²) in [6.07, 6.45) is 6.38. The van der Waals surface area contributed by atoms with Crippen molar-refractivity contribution in [2.45, 2.75) is 25.3 Å². The van der Waals surface area contributed by atoms with E-state index in [9.17, 15) is 9.59 Å². The van der Waals surface area contributed by atoms with Gasteiger partial charge in [0, 0.05) is 43.0 Å². The molecule has 2 amide bonds. The minimum absolute atomic E-state index is 0.0378. The topological polar surface area (TPSA) is 70.7 Å². The average molecular weight is 420 g/mol. The van der Waals surface area contributed by atoms with E-state index >= 15 is 0 Å². The van der Waals surface area contributed by atoms with Crippen LogP contribution in [-0.2, 0) is 16.0 Å². The summed E-state index contributed by atoms with van der Waals surface area (Å²) in [6.45, 7) is 4.66. The molecule has 31 heavy (non-hydrogen) atoms. The van der Waals surface area contributed by atoms with E-state index in [0.29, 0.717) is 11.6 Å². The van der Waals surface area contributed by atoms with Gasteiger partial charge in [-0.15, -0.1) is 0 Å². The van der Waals surface area contributed by atoms with Crippen molar-refractivity contribution in [2.75, 3.05) is 38.2 Å². The Morgan fingerprint density at radius 2 is 1.71 bits per heavy atom. The number of carbonyl (C=O) groups excluding carboxylic acids is 2. The third kappa shape index (κ3) is 6.77. The first kappa shape index (κ1) is 21.3. The van der Waals surface area contributed by atoms with Crippen LogP contribution in [0.4, 0.5) is 5.69 Å². The zero-order valence-electron chi connectivity index (χ0n) is 17.7. The Balaban J connectivity index is 1.23. The molecular weight excluding hydrogens is 390 g/mol. The second-order valence-corrected chi connectivity index (χ2v) is 8.09. The van der Waals surface area contributed by atoms with Gasteiger partial charge in [0.1, 0.15) is 0 Å². The number of nitrogens with zero attached hydrogens (tertiary/aromatic N) is 1. The molecule has 1 saturated heterocycles. The standard InChI is InChI=1S/C25H29N3O3/c29-24(12-5-19-1-6-21(7-2-19)25(30)27-23-10-11-23)26-22-8-3-20(4-9-22)13-14-28-15-17-31-18-16-28/h1-9,12,23H,10-11,13-18H2,(H,26,29)(H,27,30)/b12-5+. The molecule has 1 heterocycles. The second kappa shape index (κ2) is 10.4. The number of benzene rings is 2. The highest BCUT2D eigenvalue weighted by Gasteiger charge is 2.23. The van der Waals surface area contributed by atoms with Crippen LogP contribution in [-0.4, -0.2) is 55.6 Å². The molecule has 2 aromatic carbocycles. The fourth-order valence-electron chi connectivity index (χ4n) is 3.46. The molecule has 0 unspecified atom stereocenters. The van der Waals surface area contributed by atoms with Crippen LogP contribution in [0.3, 0.4) is 0 Å². The van der Waals surface area contributed by atoms with Crippen molar-refractivity contribution in [1.29, 1.82) is 0 Å². The lowest BCUT2D eigenvalue weighted by molar-refractivity contribution is -0.111. The first-order valence-corrected chi connectivity index (χ1v) is 10.9. The van der Waals surface area contributed by atoms with Crippen LogP contribution < -0.4 is 10.6 Å². The van der Waals surface area contributed by atoms with Gasteiger partial charge in [-0.3, -0.25) is 14.5 Å². The Hall–Kier alpha value is -2.96. The van der Waals surface area contributed by atoms with E-state index in [1.165, 1.54) is 11.6 Å². The van der Waals surface area contributed by atoms with Crippen LogP contribution in [0.5, 0.6) is 0 Å². The van der Waals surface area contributed by atoms with E-state index in [2.05, 4.69) is 27.7 Å². The summed E-state index contributed by atoms with van der Waals surface area (Å²) in [6, 6.07) is 15.6. The van der Waals surface area contributed by atoms with E-state index in [1.807, 2.05) is 24.3 Å². The molecule has 6 heteroatoms. The Kier molecular flexibility index (Phi) is 7.12. The van der Waals surface area contributed by atoms with Crippen LogP contribution >= 0.6 is 0 Å². The molecule has 0 aromatic heterocycles. The third-order valence-electron chi connectivity index (χ3n) is 5.55. The van der Waals surface area contributed by atoms with Crippen LogP contribution in [0.25, 0.3) is 6.08 Å². The summed E-state index contributed by atoms with van der Waals surface area (Å²) in [7, 11) is 0. The lowest BCUT2D eigenvalue weighted by Crippen LogP contribution is -2.37. The minimum Gasteiger partial charge on any atom is -0.379 e. The van der Waals surface area contributed by atoms with Crippen molar-refractivity contribution >= 4 is 23.6 Å². The lowest BCUT2D eigenvalue weighted by Gasteiger charge is -2.26. The van der Waals surface area contributed by atoms with E-state index in [4.69, 9.17) is 4.74 Å². The quantitative estimate of drug-likeness (QED) is 0.645. The van der Waals surface area contributed by atoms with Gasteiger partial charge >= 0.3 is 0 Å². The number of ether oxygens (including phenoxy) is 1. The average Bonchev–Trinajstić information content (AvgIpc) is 3.62. The highest BCUT2D eigenvalue weighted by Crippen LogP contribution is 2.19. The maximum Gasteiger partial charge on any atom is 0.251 e. The number of rotatable bonds is 8. The summed E-state index contributed by atoms with van der Waals surface area (Å²) in [5.74, 6) is -0.221. The molecule has 0 bridgehead atoms. The normalized spacial score (nSPS) is 16.9. The van der Waals surface area contributed by atoms with Crippen LogP contribution in [0.15, 0.2) is 54.6 Å². The van der Waals surface area contributed by atoms with Gasteiger partial charge < -0.3 is 15.4 Å². The molecule has 1 saturated carbocycles. The monoisotopic (exact) mass is 419 g/mol. The van der Waals surface area contributed by atoms with Crippen molar-refractivity contribution in [3.05, 3.63) is 71.3 Å². The maximum absolute atomic E-state index is 12.2. The van der Waals surface area contributed by atoms with Gasteiger partial charge in [-0.2, -0.15) is 0 Å². The predicted octanol–water partition coefficient (Wildman–Crippen LogP) is 3.11. The Bertz CT molecular complexity index is 912. The van der Waals surface area contributed by atoms with Gasteiger partial charge in [0.25, 0.3) is 5.91 Å². The Morgan fingerprint density at radius 1 is 1.00 bits per heavy atom. The third-order valence-corrected chi connectivity index (χ3v) is 5.55. The molecular formula is C25H29N3O3. The minimum atomic E-state index is -0.184. The van der Waals surface area contributed by atoms with Crippen LogP contribution in [0.2, 0.25) is 0 Å². The lowest BCUT2D eigenvalue weighted by atomic mass is 10.1. The smallest absolute Gasteiger partial charge is 0.251 e. The zero-order valence-corrected chi connectivity index (χ0v) is 17.7. The number of hydrogen-bond acceptors (Lipinski definition) is 4. The number of anilines is 1. The fraction of sp³-hybridized carbons (Fsp3) is 0.360. The number of carbonyl (C=O) groups is 2. The van der Waals surface area contributed by atoms with E-state index < -0.39 is 0 Å². The number of amides is 2. The summed E-state index contributed by atoms with van der Waals surface area (Å²) >= 11 is 0. The van der Waals surface area contributed by atoms with Crippen molar-refractivity contribution < 1.29 is 14.3 Å². The van der Waals surface area contributed by atoms with Crippen molar-refractivity contribution in [2.24, 2.45) is 0 Å². The molecule has 2 aromatic rings. The highest BCUT2D eigenvalue weighted by molar-refractivity contribution is 6.02. The van der Waals surface area contributed by atoms with Gasteiger partial charge in [-0.1, -0.05) is 24.3 Å². The fourth-order valence-corrected chi connectivity index (χ4v) is 3.46. The largest absolute Gasteiger partial charge is 0.379 e. The maximum atomic E-state index is 12.2. The van der Waals surface area contributed by atoms with Crippen molar-refractivity contribution in [3.63, 3.8) is 0 Å². The molecule has 6 nitrogen and oxygen atoms in total. The molecule has 1 aliphatic heterocycles. The molecule has 2 fully saturated rings. The number of morpholine rings is 1. The van der Waals surface area contributed by atoms with Crippen LogP contribution in [0.1, 0.15) is 34.3 Å². The van der Waals surface area contributed by atoms with Gasteiger partial charge in [-0.25, -0.2) is 0 Å². The highest BCUT2D eigenvalue weighted by atomic mass is 16.5. The second-order valence-electron chi connectivity index (χ2n) is 8.09. The predicted molar refractivity (Wildman–Crippen MR) is 122 cm³/mol. The van der Waals surface area contributed by atoms with Crippen molar-refractivity contribution in [3.8, 4) is 0 Å². The van der Waals surface area contributed by atoms with E-state index in [-0.39, 0.29) is 11.8 Å². The van der Waals surface area contributed by atoms with Crippen LogP contribution in [0, 0.1) is 0 Å². The molecule has 0 radical (unpaired) electrons. The number of nitrogens with one attached hydrogen (secondary N) is 2. The molecule has 0 atom stereocenters. The Morgan fingerprint density at radius 3 is 2.39 bits per heavy atom. The van der Waals surface area contributed by atoms with Gasteiger partial charge in [0.2, 0.25) is 5.91 Å².